The fraction of sp³-hybridized carbons (Fsp3) is 0.636. The van der Waals surface area contributed by atoms with Crippen LogP contribution in [0.5, 0.6) is 0 Å². The normalized spacial score (nSPS) is 17.1. The smallest absolute Gasteiger partial charge is 0.227 e. The van der Waals surface area contributed by atoms with Crippen LogP contribution in [0.1, 0.15) is 30.5 Å². The van der Waals surface area contributed by atoms with Crippen molar-refractivity contribution in [1.82, 2.24) is 10.3 Å². The van der Waals surface area contributed by atoms with Crippen molar-refractivity contribution >= 4 is 28.8 Å². The van der Waals surface area contributed by atoms with E-state index in [9.17, 15) is 4.79 Å². The van der Waals surface area contributed by atoms with E-state index >= 15 is 0 Å². The van der Waals surface area contributed by atoms with Crippen LogP contribution in [0.25, 0.3) is 0 Å². The molecule has 88 valence electrons. The molecule has 1 aromatic heterocycles. The average Bonchev–Trinajstić information content (AvgIpc) is 3.00. The van der Waals surface area contributed by atoms with Crippen molar-refractivity contribution in [3.8, 4) is 0 Å². The third kappa shape index (κ3) is 3.19. The van der Waals surface area contributed by atoms with Gasteiger partial charge in [0.05, 0.1) is 18.0 Å². The lowest BCUT2D eigenvalue weighted by molar-refractivity contribution is -0.121. The van der Waals surface area contributed by atoms with Crippen LogP contribution in [-0.4, -0.2) is 16.9 Å². The van der Waals surface area contributed by atoms with Gasteiger partial charge in [-0.2, -0.15) is 0 Å². The van der Waals surface area contributed by atoms with Crippen LogP contribution in [0, 0.1) is 5.92 Å². The average molecular weight is 259 g/mol. The first-order valence-corrected chi connectivity index (χ1v) is 6.89. The first kappa shape index (κ1) is 11.9. The number of rotatable bonds is 5. The highest BCUT2D eigenvalue weighted by Crippen LogP contribution is 2.32. The number of aromatic nitrogens is 1. The molecular weight excluding hydrogens is 244 g/mol. The molecule has 0 spiro atoms. The largest absolute Gasteiger partial charge is 0.353 e. The van der Waals surface area contributed by atoms with Crippen LogP contribution in [0.15, 0.2) is 5.38 Å². The van der Waals surface area contributed by atoms with Crippen molar-refractivity contribution in [2.45, 2.75) is 38.1 Å². The van der Waals surface area contributed by atoms with Gasteiger partial charge in [-0.1, -0.05) is 0 Å². The molecule has 0 aliphatic heterocycles. The Morgan fingerprint density at radius 2 is 2.50 bits per heavy atom. The van der Waals surface area contributed by atoms with Crippen molar-refractivity contribution in [3.05, 3.63) is 16.1 Å². The molecule has 1 aromatic rings. The minimum absolute atomic E-state index is 0.0647. The van der Waals surface area contributed by atoms with Gasteiger partial charge in [-0.15, -0.1) is 22.9 Å². The quantitative estimate of drug-likeness (QED) is 0.824. The van der Waals surface area contributed by atoms with E-state index in [0.717, 1.165) is 10.7 Å². The zero-order chi connectivity index (χ0) is 11.5. The molecular formula is C11H15ClN2OS. The van der Waals surface area contributed by atoms with E-state index in [1.165, 1.54) is 24.2 Å². The highest BCUT2D eigenvalue weighted by atomic mass is 35.5. The van der Waals surface area contributed by atoms with Crippen molar-refractivity contribution in [3.63, 3.8) is 0 Å². The van der Waals surface area contributed by atoms with E-state index in [0.29, 0.717) is 24.3 Å². The Labute approximate surface area is 104 Å². The second-order valence-electron chi connectivity index (χ2n) is 4.24. The predicted octanol–water partition coefficient (Wildman–Crippen LogP) is 2.34. The van der Waals surface area contributed by atoms with Gasteiger partial charge < -0.3 is 5.32 Å². The topological polar surface area (TPSA) is 42.0 Å². The molecule has 1 amide bonds. The number of halogens is 1. The van der Waals surface area contributed by atoms with E-state index in [2.05, 4.69) is 17.2 Å². The SMILES string of the molecule is CC(NC(=O)Cc1nc(CCl)cs1)C1CC1. The summed E-state index contributed by atoms with van der Waals surface area (Å²) in [6, 6.07) is 0.306. The van der Waals surface area contributed by atoms with Gasteiger partial charge >= 0.3 is 0 Å². The molecule has 16 heavy (non-hydrogen) atoms. The zero-order valence-electron chi connectivity index (χ0n) is 9.20. The lowest BCUT2D eigenvalue weighted by atomic mass is 10.2. The van der Waals surface area contributed by atoms with E-state index in [4.69, 9.17) is 11.6 Å². The van der Waals surface area contributed by atoms with E-state index < -0.39 is 0 Å². The summed E-state index contributed by atoms with van der Waals surface area (Å²) < 4.78 is 0. The Balaban J connectivity index is 1.81. The maximum absolute atomic E-state index is 11.7. The minimum atomic E-state index is 0.0647. The molecule has 3 nitrogen and oxygen atoms in total. The molecule has 1 saturated carbocycles. The fourth-order valence-corrected chi connectivity index (χ4v) is 2.67. The lowest BCUT2D eigenvalue weighted by Crippen LogP contribution is -2.35. The molecule has 1 aliphatic carbocycles. The van der Waals surface area contributed by atoms with E-state index in [-0.39, 0.29) is 5.91 Å². The Bertz CT molecular complexity index is 376. The number of amides is 1. The number of nitrogens with zero attached hydrogens (tertiary/aromatic N) is 1. The first-order valence-electron chi connectivity index (χ1n) is 5.47. The van der Waals surface area contributed by atoms with Gasteiger partial charge in [0.1, 0.15) is 5.01 Å². The van der Waals surface area contributed by atoms with Crippen LogP contribution in [0.2, 0.25) is 0 Å². The first-order chi connectivity index (χ1) is 7.69. The molecule has 1 fully saturated rings. The molecule has 0 saturated heterocycles. The maximum atomic E-state index is 11.7. The number of carbonyl (C=O) groups excluding carboxylic acids is 1. The predicted molar refractivity (Wildman–Crippen MR) is 65.7 cm³/mol. The minimum Gasteiger partial charge on any atom is -0.353 e. The van der Waals surface area contributed by atoms with Gasteiger partial charge in [0.15, 0.2) is 0 Å². The number of alkyl halides is 1. The van der Waals surface area contributed by atoms with Crippen LogP contribution in [0.3, 0.4) is 0 Å². The number of hydrogen-bond donors (Lipinski definition) is 1. The summed E-state index contributed by atoms with van der Waals surface area (Å²) in [5.41, 5.74) is 0.852. The third-order valence-electron chi connectivity index (χ3n) is 2.77. The van der Waals surface area contributed by atoms with Gasteiger partial charge in [0.25, 0.3) is 0 Å². The summed E-state index contributed by atoms with van der Waals surface area (Å²) in [6.45, 7) is 2.07. The standard InChI is InChI=1S/C11H15ClN2OS/c1-7(8-2-3-8)13-10(15)4-11-14-9(5-12)6-16-11/h6-8H,2-5H2,1H3,(H,13,15). The molecule has 1 atom stereocenters. The summed E-state index contributed by atoms with van der Waals surface area (Å²) in [5, 5.41) is 5.76. The number of hydrogen-bond acceptors (Lipinski definition) is 3. The second kappa shape index (κ2) is 5.15. The maximum Gasteiger partial charge on any atom is 0.227 e. The highest BCUT2D eigenvalue weighted by molar-refractivity contribution is 7.09. The molecule has 0 aromatic carbocycles. The molecule has 2 rings (SSSR count). The summed E-state index contributed by atoms with van der Waals surface area (Å²) in [5.74, 6) is 1.17. The van der Waals surface area contributed by atoms with E-state index in [1.807, 2.05) is 5.38 Å². The number of thiazole rings is 1. The van der Waals surface area contributed by atoms with Crippen molar-refractivity contribution in [2.24, 2.45) is 5.92 Å². The molecule has 0 bridgehead atoms. The van der Waals surface area contributed by atoms with E-state index in [1.54, 1.807) is 0 Å². The van der Waals surface area contributed by atoms with Crippen molar-refractivity contribution in [1.29, 1.82) is 0 Å². The second-order valence-corrected chi connectivity index (χ2v) is 5.45. The van der Waals surface area contributed by atoms with Crippen LogP contribution in [0.4, 0.5) is 0 Å². The zero-order valence-corrected chi connectivity index (χ0v) is 10.8. The van der Waals surface area contributed by atoms with Crippen LogP contribution in [-0.2, 0) is 17.1 Å². The summed E-state index contributed by atoms with van der Waals surface area (Å²) in [7, 11) is 0. The van der Waals surface area contributed by atoms with Gasteiger partial charge in [-0.25, -0.2) is 4.98 Å². The van der Waals surface area contributed by atoms with Gasteiger partial charge in [0.2, 0.25) is 5.91 Å². The Morgan fingerprint density at radius 3 is 3.06 bits per heavy atom. The molecule has 0 radical (unpaired) electrons. The van der Waals surface area contributed by atoms with Gasteiger partial charge in [-0.3, -0.25) is 4.79 Å². The third-order valence-corrected chi connectivity index (χ3v) is 3.94. The van der Waals surface area contributed by atoms with Crippen molar-refractivity contribution < 1.29 is 4.79 Å². The summed E-state index contributed by atoms with van der Waals surface area (Å²) in [6.07, 6.45) is 2.86. The summed E-state index contributed by atoms with van der Waals surface area (Å²) in [4.78, 5) is 15.9. The van der Waals surface area contributed by atoms with Gasteiger partial charge in [0, 0.05) is 11.4 Å². The van der Waals surface area contributed by atoms with Crippen LogP contribution < -0.4 is 5.32 Å². The molecule has 1 heterocycles. The molecule has 1 unspecified atom stereocenters. The van der Waals surface area contributed by atoms with Crippen molar-refractivity contribution in [2.75, 3.05) is 0 Å². The lowest BCUT2D eigenvalue weighted by Gasteiger charge is -2.11. The Kier molecular flexibility index (Phi) is 3.82. The number of nitrogens with one attached hydrogen (secondary N) is 1. The van der Waals surface area contributed by atoms with Crippen LogP contribution >= 0.6 is 22.9 Å². The Hall–Kier alpha value is -0.610. The molecule has 1 N–H and O–H groups in total. The summed E-state index contributed by atoms with van der Waals surface area (Å²) >= 11 is 7.15. The monoisotopic (exact) mass is 258 g/mol. The molecule has 1 aliphatic rings. The highest BCUT2D eigenvalue weighted by Gasteiger charge is 2.28. The fourth-order valence-electron chi connectivity index (χ4n) is 1.65. The molecule has 5 heteroatoms. The Morgan fingerprint density at radius 1 is 1.75 bits per heavy atom. The van der Waals surface area contributed by atoms with Gasteiger partial charge in [-0.05, 0) is 25.7 Å². The number of carbonyl (C=O) groups is 1.